The van der Waals surface area contributed by atoms with Gasteiger partial charge in [-0.05, 0) is 52.1 Å². The number of hydrogen-bond acceptors (Lipinski definition) is 2. The molecule has 6 aromatic rings. The first-order valence-electron chi connectivity index (χ1n) is 14.5. The summed E-state index contributed by atoms with van der Waals surface area (Å²) in [5.74, 6) is 1.22. The third-order valence-corrected chi connectivity index (χ3v) is 9.12. The van der Waals surface area contributed by atoms with E-state index in [2.05, 4.69) is 147 Å². The lowest BCUT2D eigenvalue weighted by Crippen LogP contribution is -2.28. The van der Waals surface area contributed by atoms with E-state index in [9.17, 15) is 0 Å². The van der Waals surface area contributed by atoms with Crippen LogP contribution in [0.1, 0.15) is 43.9 Å². The van der Waals surface area contributed by atoms with Gasteiger partial charge < -0.3 is 0 Å². The predicted octanol–water partition coefficient (Wildman–Crippen LogP) is 9.72. The van der Waals surface area contributed by atoms with Crippen molar-refractivity contribution in [1.29, 1.82) is 0 Å². The van der Waals surface area contributed by atoms with Crippen LogP contribution in [-0.2, 0) is 0 Å². The highest BCUT2D eigenvalue weighted by molar-refractivity contribution is 6.13. The molecule has 2 aromatic heterocycles. The summed E-state index contributed by atoms with van der Waals surface area (Å²) in [5.41, 5.74) is 6.74. The molecule has 2 atom stereocenters. The van der Waals surface area contributed by atoms with Crippen LogP contribution in [0.25, 0.3) is 49.4 Å². The molecule has 2 unspecified atom stereocenters. The molecule has 0 saturated heterocycles. The fourth-order valence-corrected chi connectivity index (χ4v) is 6.77. The van der Waals surface area contributed by atoms with E-state index in [-0.39, 0.29) is 11.3 Å². The Kier molecular flexibility index (Phi) is 5.21. The van der Waals surface area contributed by atoms with E-state index in [1.54, 1.807) is 0 Å². The Morgan fingerprint density at radius 3 is 2.39 bits per heavy atom. The van der Waals surface area contributed by atoms with Crippen LogP contribution in [0.4, 0.5) is 0 Å². The van der Waals surface area contributed by atoms with Crippen LogP contribution in [0.2, 0.25) is 0 Å². The fraction of sp³-hybridized carbons (Fsp3) is 0.158. The van der Waals surface area contributed by atoms with Crippen LogP contribution in [-0.4, -0.2) is 14.5 Å². The fourth-order valence-electron chi connectivity index (χ4n) is 6.77. The van der Waals surface area contributed by atoms with Gasteiger partial charge in [0.1, 0.15) is 0 Å². The number of nitrogens with zero attached hydrogens (tertiary/aromatic N) is 3. The smallest absolute Gasteiger partial charge is 0.235 e. The predicted molar refractivity (Wildman–Crippen MR) is 172 cm³/mol. The van der Waals surface area contributed by atoms with Gasteiger partial charge in [-0.3, -0.25) is 4.57 Å². The molecule has 0 N–H and O–H groups in total. The average molecular weight is 530 g/mol. The van der Waals surface area contributed by atoms with Crippen molar-refractivity contribution >= 4 is 43.5 Å². The minimum absolute atomic E-state index is 0.0792. The summed E-state index contributed by atoms with van der Waals surface area (Å²) in [5, 5.41) is 6.01. The first-order valence-corrected chi connectivity index (χ1v) is 14.5. The van der Waals surface area contributed by atoms with Crippen LogP contribution in [0.15, 0.2) is 127 Å². The summed E-state index contributed by atoms with van der Waals surface area (Å²) in [4.78, 5) is 10.7. The molecule has 2 aliphatic carbocycles. The summed E-state index contributed by atoms with van der Waals surface area (Å²) in [6.07, 6.45) is 15.6. The third kappa shape index (κ3) is 3.58. The maximum absolute atomic E-state index is 5.47. The molecule has 0 fully saturated rings. The van der Waals surface area contributed by atoms with Crippen molar-refractivity contribution in [3.8, 4) is 5.95 Å². The lowest BCUT2D eigenvalue weighted by atomic mass is 9.65. The number of benzene rings is 4. The number of allylic oxidation sites excluding steroid dienone is 8. The van der Waals surface area contributed by atoms with Crippen molar-refractivity contribution in [1.82, 2.24) is 14.5 Å². The van der Waals surface area contributed by atoms with E-state index in [0.717, 1.165) is 33.6 Å². The number of rotatable bonds is 3. The van der Waals surface area contributed by atoms with Crippen molar-refractivity contribution in [2.75, 3.05) is 0 Å². The Morgan fingerprint density at radius 2 is 1.54 bits per heavy atom. The first kappa shape index (κ1) is 24.1. The molecule has 2 aliphatic rings. The molecule has 3 heteroatoms. The first-order chi connectivity index (χ1) is 20.0. The molecule has 3 nitrogen and oxygen atoms in total. The summed E-state index contributed by atoms with van der Waals surface area (Å²) in [7, 11) is 0. The minimum Gasteiger partial charge on any atom is -0.278 e. The van der Waals surface area contributed by atoms with Gasteiger partial charge in [0.25, 0.3) is 0 Å². The van der Waals surface area contributed by atoms with Crippen molar-refractivity contribution < 1.29 is 0 Å². The molecule has 198 valence electrons. The van der Waals surface area contributed by atoms with Gasteiger partial charge in [-0.25, -0.2) is 9.97 Å². The van der Waals surface area contributed by atoms with Gasteiger partial charge in [-0.1, -0.05) is 118 Å². The van der Waals surface area contributed by atoms with Gasteiger partial charge in [0, 0.05) is 27.5 Å². The Bertz CT molecular complexity index is 2150. The van der Waals surface area contributed by atoms with Gasteiger partial charge in [0.05, 0.1) is 22.2 Å². The number of aromatic nitrogens is 3. The second kappa shape index (κ2) is 8.87. The Hall–Kier alpha value is -4.76. The quantitative estimate of drug-likeness (QED) is 0.228. The summed E-state index contributed by atoms with van der Waals surface area (Å²) >= 11 is 0. The van der Waals surface area contributed by atoms with Crippen LogP contribution in [0.5, 0.6) is 0 Å². The molecular weight excluding hydrogens is 498 g/mol. The van der Waals surface area contributed by atoms with Gasteiger partial charge in [0.15, 0.2) is 0 Å². The van der Waals surface area contributed by atoms with Crippen LogP contribution in [0, 0.1) is 5.41 Å². The van der Waals surface area contributed by atoms with E-state index in [1.165, 1.54) is 32.7 Å². The molecule has 2 heterocycles. The standard InChI is InChI=1S/C38H31N3/c1-24(2)25-18-19-29-31-21-26-11-4-5-12-27(26)23-35(31)41(34(29)22-25)37-39-33-17-7-6-15-30(33)36(40-37)32-16-10-14-28-13-8-9-20-38(28,32)3/h4-24,32H,1-3H3. The molecule has 0 amide bonds. The third-order valence-electron chi connectivity index (χ3n) is 9.12. The normalized spacial score (nSPS) is 20.0. The Morgan fingerprint density at radius 1 is 0.756 bits per heavy atom. The van der Waals surface area contributed by atoms with Gasteiger partial charge >= 0.3 is 0 Å². The maximum atomic E-state index is 5.47. The molecule has 0 aliphatic heterocycles. The zero-order valence-corrected chi connectivity index (χ0v) is 23.5. The Labute approximate surface area is 239 Å². The summed E-state index contributed by atoms with van der Waals surface area (Å²) in [6.45, 7) is 6.83. The molecule has 0 spiro atoms. The zero-order chi connectivity index (χ0) is 27.7. The Balaban J connectivity index is 1.47. The summed E-state index contributed by atoms with van der Waals surface area (Å²) in [6, 6.07) is 28.6. The molecule has 8 rings (SSSR count). The topological polar surface area (TPSA) is 30.7 Å². The molecule has 0 saturated carbocycles. The van der Waals surface area contributed by atoms with Gasteiger partial charge in [-0.15, -0.1) is 0 Å². The summed E-state index contributed by atoms with van der Waals surface area (Å²) < 4.78 is 2.29. The number of fused-ring (bicyclic) bond motifs is 6. The zero-order valence-electron chi connectivity index (χ0n) is 23.5. The highest BCUT2D eigenvalue weighted by atomic mass is 15.2. The van der Waals surface area contributed by atoms with Crippen molar-refractivity contribution in [3.63, 3.8) is 0 Å². The lowest BCUT2D eigenvalue weighted by molar-refractivity contribution is 0.453. The monoisotopic (exact) mass is 529 g/mol. The molecule has 0 radical (unpaired) electrons. The second-order valence-corrected chi connectivity index (χ2v) is 11.9. The van der Waals surface area contributed by atoms with E-state index in [0.29, 0.717) is 5.92 Å². The maximum Gasteiger partial charge on any atom is 0.235 e. The highest BCUT2D eigenvalue weighted by Crippen LogP contribution is 2.49. The largest absolute Gasteiger partial charge is 0.278 e. The van der Waals surface area contributed by atoms with Crippen LogP contribution >= 0.6 is 0 Å². The van der Waals surface area contributed by atoms with Crippen molar-refractivity contribution in [2.45, 2.75) is 32.6 Å². The van der Waals surface area contributed by atoms with E-state index in [1.807, 2.05) is 0 Å². The van der Waals surface area contributed by atoms with Crippen molar-refractivity contribution in [3.05, 3.63) is 138 Å². The van der Waals surface area contributed by atoms with Crippen LogP contribution < -0.4 is 0 Å². The highest BCUT2D eigenvalue weighted by Gasteiger charge is 2.38. The average Bonchev–Trinajstić information content (AvgIpc) is 3.31. The van der Waals surface area contributed by atoms with E-state index in [4.69, 9.17) is 9.97 Å². The SMILES string of the molecule is CC(C)c1ccc2c3cc4ccccc4cc3n(-c3nc(C4C=CC=C5C=CC=CC54C)c4ccccc4n3)c2c1. The van der Waals surface area contributed by atoms with E-state index < -0.39 is 0 Å². The lowest BCUT2D eigenvalue weighted by Gasteiger charge is -2.38. The van der Waals surface area contributed by atoms with Crippen LogP contribution in [0.3, 0.4) is 0 Å². The number of para-hydroxylation sites is 1. The molecule has 4 aromatic carbocycles. The minimum atomic E-state index is -0.181. The van der Waals surface area contributed by atoms with E-state index >= 15 is 0 Å². The van der Waals surface area contributed by atoms with Crippen molar-refractivity contribution in [2.24, 2.45) is 5.41 Å². The molecule has 0 bridgehead atoms. The number of hydrogen-bond donors (Lipinski definition) is 0. The van der Waals surface area contributed by atoms with Gasteiger partial charge in [0.2, 0.25) is 5.95 Å². The molecule has 41 heavy (non-hydrogen) atoms. The van der Waals surface area contributed by atoms with Gasteiger partial charge in [-0.2, -0.15) is 0 Å². The second-order valence-electron chi connectivity index (χ2n) is 11.9. The molecular formula is C38H31N3.